The molecule has 1 atom stereocenters. The van der Waals surface area contributed by atoms with Crippen LogP contribution in [0.3, 0.4) is 0 Å². The lowest BCUT2D eigenvalue weighted by atomic mass is 10.0. The molecule has 4 aromatic rings. The summed E-state index contributed by atoms with van der Waals surface area (Å²) < 4.78 is 14.4. The van der Waals surface area contributed by atoms with Gasteiger partial charge in [0.15, 0.2) is 0 Å². The van der Waals surface area contributed by atoms with Gasteiger partial charge < -0.3 is 19.4 Å². The lowest BCUT2D eigenvalue weighted by Crippen LogP contribution is -2.25. The maximum absolute atomic E-state index is 13.7. The molecule has 43 heavy (non-hydrogen) atoms. The van der Waals surface area contributed by atoms with Crippen LogP contribution in [0.15, 0.2) is 55.0 Å². The van der Waals surface area contributed by atoms with E-state index in [0.29, 0.717) is 43.7 Å². The SMILES string of the molecule is CCOC(=O)CCCc1ccc(Cn2cc(C)cn2)cc1NC(=O)C(C)n1cc(C)c2ccc(C(=O)OC(C)(C)C)cc21. The van der Waals surface area contributed by atoms with Crippen molar-refractivity contribution >= 4 is 34.4 Å². The number of carbonyl (C=O) groups is 3. The Hall–Kier alpha value is -4.40. The fourth-order valence-electron chi connectivity index (χ4n) is 5.03. The summed E-state index contributed by atoms with van der Waals surface area (Å²) in [6.45, 7) is 14.0. The van der Waals surface area contributed by atoms with E-state index >= 15 is 0 Å². The number of aromatic nitrogens is 3. The van der Waals surface area contributed by atoms with Crippen LogP contribution in [0.1, 0.15) is 86.1 Å². The highest BCUT2D eigenvalue weighted by atomic mass is 16.6. The number of hydrogen-bond acceptors (Lipinski definition) is 6. The number of benzene rings is 2. The highest BCUT2D eigenvalue weighted by molar-refractivity contribution is 5.98. The minimum atomic E-state index is -0.615. The second-order valence-corrected chi connectivity index (χ2v) is 12.0. The fourth-order valence-corrected chi connectivity index (χ4v) is 5.03. The number of aryl methyl sites for hydroxylation is 3. The Morgan fingerprint density at radius 2 is 1.81 bits per heavy atom. The molecule has 0 aliphatic carbocycles. The van der Waals surface area contributed by atoms with Gasteiger partial charge in [-0.2, -0.15) is 5.10 Å². The minimum Gasteiger partial charge on any atom is -0.466 e. The molecule has 0 saturated carbocycles. The summed E-state index contributed by atoms with van der Waals surface area (Å²) in [6.07, 6.45) is 7.23. The molecule has 0 spiro atoms. The maximum atomic E-state index is 13.7. The zero-order chi connectivity index (χ0) is 31.3. The number of hydrogen-bond donors (Lipinski definition) is 1. The van der Waals surface area contributed by atoms with Crippen molar-refractivity contribution in [2.75, 3.05) is 11.9 Å². The molecule has 1 unspecified atom stereocenters. The monoisotopic (exact) mass is 586 g/mol. The third kappa shape index (κ3) is 8.12. The van der Waals surface area contributed by atoms with E-state index in [1.165, 1.54) is 0 Å². The molecule has 0 aliphatic rings. The number of rotatable bonds is 11. The van der Waals surface area contributed by atoms with Crippen molar-refractivity contribution in [3.05, 3.63) is 82.8 Å². The molecule has 1 amide bonds. The van der Waals surface area contributed by atoms with Crippen molar-refractivity contribution in [2.45, 2.75) is 85.9 Å². The van der Waals surface area contributed by atoms with Crippen molar-refractivity contribution < 1.29 is 23.9 Å². The van der Waals surface area contributed by atoms with Gasteiger partial charge >= 0.3 is 11.9 Å². The summed E-state index contributed by atoms with van der Waals surface area (Å²) in [5.41, 5.74) is 5.29. The smallest absolute Gasteiger partial charge is 0.338 e. The van der Waals surface area contributed by atoms with E-state index in [4.69, 9.17) is 9.47 Å². The first-order chi connectivity index (χ1) is 20.3. The van der Waals surface area contributed by atoms with Gasteiger partial charge in [-0.05, 0) is 102 Å². The van der Waals surface area contributed by atoms with E-state index < -0.39 is 17.6 Å². The second kappa shape index (κ2) is 13.3. The van der Waals surface area contributed by atoms with Crippen LogP contribution in [0.4, 0.5) is 5.69 Å². The van der Waals surface area contributed by atoms with Gasteiger partial charge in [-0.1, -0.05) is 18.2 Å². The molecule has 9 nitrogen and oxygen atoms in total. The van der Waals surface area contributed by atoms with Crippen molar-refractivity contribution in [2.24, 2.45) is 0 Å². The molecule has 2 aromatic heterocycles. The third-order valence-corrected chi connectivity index (χ3v) is 7.14. The Bertz CT molecular complexity index is 1630. The molecule has 0 fully saturated rings. The lowest BCUT2D eigenvalue weighted by Gasteiger charge is -2.20. The number of anilines is 1. The maximum Gasteiger partial charge on any atom is 0.338 e. The molecule has 0 saturated heterocycles. The summed E-state index contributed by atoms with van der Waals surface area (Å²) in [5, 5.41) is 8.50. The number of esters is 2. The molecular weight excluding hydrogens is 544 g/mol. The van der Waals surface area contributed by atoms with Gasteiger partial charge in [-0.3, -0.25) is 14.3 Å². The van der Waals surface area contributed by atoms with E-state index in [-0.39, 0.29) is 11.9 Å². The largest absolute Gasteiger partial charge is 0.466 e. The Labute approximate surface area is 253 Å². The number of fused-ring (bicyclic) bond motifs is 1. The quantitative estimate of drug-likeness (QED) is 0.200. The van der Waals surface area contributed by atoms with Crippen LogP contribution in [0.2, 0.25) is 0 Å². The molecule has 228 valence electrons. The first-order valence-corrected chi connectivity index (χ1v) is 14.8. The normalized spacial score (nSPS) is 12.3. The predicted octanol–water partition coefficient (Wildman–Crippen LogP) is 6.54. The van der Waals surface area contributed by atoms with Gasteiger partial charge in [0, 0.05) is 35.4 Å². The highest BCUT2D eigenvalue weighted by Crippen LogP contribution is 2.28. The van der Waals surface area contributed by atoms with Crippen LogP contribution in [0.25, 0.3) is 10.9 Å². The second-order valence-electron chi connectivity index (χ2n) is 12.0. The van der Waals surface area contributed by atoms with Gasteiger partial charge in [0.2, 0.25) is 5.91 Å². The van der Waals surface area contributed by atoms with Crippen LogP contribution < -0.4 is 5.32 Å². The molecule has 0 aliphatic heterocycles. The van der Waals surface area contributed by atoms with Crippen molar-refractivity contribution in [3.63, 3.8) is 0 Å². The topological polar surface area (TPSA) is 104 Å². The molecule has 2 heterocycles. The van der Waals surface area contributed by atoms with Gasteiger partial charge in [0.25, 0.3) is 0 Å². The van der Waals surface area contributed by atoms with E-state index in [0.717, 1.165) is 33.2 Å². The Morgan fingerprint density at radius 1 is 1.05 bits per heavy atom. The summed E-state index contributed by atoms with van der Waals surface area (Å²) in [5.74, 6) is -0.833. The molecule has 2 aromatic carbocycles. The van der Waals surface area contributed by atoms with E-state index in [1.54, 1.807) is 19.1 Å². The first-order valence-electron chi connectivity index (χ1n) is 14.8. The molecule has 1 N–H and O–H groups in total. The summed E-state index contributed by atoms with van der Waals surface area (Å²) in [4.78, 5) is 38.4. The van der Waals surface area contributed by atoms with Crippen LogP contribution in [0.5, 0.6) is 0 Å². The van der Waals surface area contributed by atoms with Crippen molar-refractivity contribution in [3.8, 4) is 0 Å². The standard InChI is InChI=1S/C34H42N4O5/c1-8-42-31(39)11-9-10-26-13-12-25(21-37-19-22(2)18-35-37)16-29(26)36-32(40)24(4)38-20-23(3)28-15-14-27(17-30(28)38)33(41)43-34(5,6)7/h12-20,24H,8-11,21H2,1-7H3,(H,36,40). The van der Waals surface area contributed by atoms with Crippen molar-refractivity contribution in [1.29, 1.82) is 0 Å². The summed E-state index contributed by atoms with van der Waals surface area (Å²) >= 11 is 0. The van der Waals surface area contributed by atoms with E-state index in [2.05, 4.69) is 10.4 Å². The number of nitrogens with one attached hydrogen (secondary N) is 1. The van der Waals surface area contributed by atoms with Gasteiger partial charge in [0.1, 0.15) is 11.6 Å². The number of ether oxygens (including phenoxy) is 2. The van der Waals surface area contributed by atoms with E-state index in [1.807, 2.05) is 93.6 Å². The summed E-state index contributed by atoms with van der Waals surface area (Å²) in [6, 6.07) is 10.9. The molecule has 4 rings (SSSR count). The van der Waals surface area contributed by atoms with Gasteiger partial charge in [0.05, 0.1) is 24.9 Å². The average molecular weight is 587 g/mol. The lowest BCUT2D eigenvalue weighted by molar-refractivity contribution is -0.143. The minimum absolute atomic E-state index is 0.196. The van der Waals surface area contributed by atoms with Crippen LogP contribution in [-0.2, 0) is 32.0 Å². The van der Waals surface area contributed by atoms with Gasteiger partial charge in [-0.25, -0.2) is 4.79 Å². The number of carbonyl (C=O) groups excluding carboxylic acids is 3. The molecule has 0 radical (unpaired) electrons. The molecule has 0 bridgehead atoms. The zero-order valence-corrected chi connectivity index (χ0v) is 26.2. The van der Waals surface area contributed by atoms with Crippen molar-refractivity contribution in [1.82, 2.24) is 14.3 Å². The first kappa shape index (κ1) is 31.5. The third-order valence-electron chi connectivity index (χ3n) is 7.14. The Kier molecular flexibility index (Phi) is 9.73. The average Bonchev–Trinajstić information content (AvgIpc) is 3.50. The zero-order valence-electron chi connectivity index (χ0n) is 26.2. The van der Waals surface area contributed by atoms with E-state index in [9.17, 15) is 14.4 Å². The number of amides is 1. The fraction of sp³-hybridized carbons (Fsp3) is 0.412. The highest BCUT2D eigenvalue weighted by Gasteiger charge is 2.22. The van der Waals surface area contributed by atoms with Crippen LogP contribution in [0, 0.1) is 13.8 Å². The Morgan fingerprint density at radius 3 is 2.49 bits per heavy atom. The van der Waals surface area contributed by atoms with Crippen LogP contribution in [-0.4, -0.2) is 44.4 Å². The Balaban J connectivity index is 1.60. The number of nitrogens with zero attached hydrogens (tertiary/aromatic N) is 3. The van der Waals surface area contributed by atoms with Crippen LogP contribution >= 0.6 is 0 Å². The molecule has 9 heteroatoms. The van der Waals surface area contributed by atoms with Gasteiger partial charge in [-0.15, -0.1) is 0 Å². The summed E-state index contributed by atoms with van der Waals surface area (Å²) in [7, 11) is 0. The molecular formula is C34H42N4O5. The predicted molar refractivity (Wildman–Crippen MR) is 167 cm³/mol.